The minimum Gasteiger partial charge on any atom is -1.00 e. The van der Waals surface area contributed by atoms with E-state index < -0.39 is 5.97 Å². The summed E-state index contributed by atoms with van der Waals surface area (Å²) in [6.45, 7) is 1.02. The average Bonchev–Trinajstić information content (AvgIpc) is 2.15. The highest BCUT2D eigenvalue weighted by atomic mass is 127. The number of hydrogen-bond acceptors (Lipinski definition) is 4. The highest BCUT2D eigenvalue weighted by Gasteiger charge is 2.14. The van der Waals surface area contributed by atoms with Crippen molar-refractivity contribution in [1.82, 2.24) is 0 Å². The number of esters is 1. The van der Waals surface area contributed by atoms with Gasteiger partial charge in [-0.05, 0) is 12.1 Å². The number of ether oxygens (including phenoxy) is 1. The molecule has 6 heteroatoms. The third kappa shape index (κ3) is 5.54. The van der Waals surface area contributed by atoms with E-state index in [9.17, 15) is 9.90 Å². The number of rotatable bonds is 4. The summed E-state index contributed by atoms with van der Waals surface area (Å²) in [6, 6.07) is 4.34. The van der Waals surface area contributed by atoms with Crippen molar-refractivity contribution in [3.8, 4) is 5.75 Å². The largest absolute Gasteiger partial charge is 1.00 e. The van der Waals surface area contributed by atoms with Gasteiger partial charge >= 0.3 is 5.97 Å². The van der Waals surface area contributed by atoms with E-state index in [1.807, 2.05) is 21.1 Å². The molecule has 0 unspecified atom stereocenters. The second-order valence-corrected chi connectivity index (χ2v) is 4.93. The van der Waals surface area contributed by atoms with Gasteiger partial charge in [-0.2, -0.15) is 0 Å². The average molecular weight is 366 g/mol. The van der Waals surface area contributed by atoms with E-state index in [4.69, 9.17) is 10.5 Å². The molecule has 1 rings (SSSR count). The quantitative estimate of drug-likeness (QED) is 0.276. The van der Waals surface area contributed by atoms with Crippen LogP contribution in [0.5, 0.6) is 5.75 Å². The number of likely N-dealkylation sites (N-methyl/N-ethyl adjacent to an activating group) is 1. The van der Waals surface area contributed by atoms with Crippen molar-refractivity contribution in [2.24, 2.45) is 0 Å². The van der Waals surface area contributed by atoms with Gasteiger partial charge in [0.25, 0.3) is 0 Å². The molecule has 0 amide bonds. The van der Waals surface area contributed by atoms with Crippen LogP contribution in [0.15, 0.2) is 18.2 Å². The maximum Gasteiger partial charge on any atom is 0.342 e. The normalized spacial score (nSPS) is 10.6. The maximum absolute atomic E-state index is 11.6. The molecule has 0 aliphatic carbocycles. The first kappa shape index (κ1) is 17.0. The van der Waals surface area contributed by atoms with Crippen LogP contribution in [0.25, 0.3) is 0 Å². The summed E-state index contributed by atoms with van der Waals surface area (Å²) in [5.74, 6) is -0.684. The molecule has 1 aromatic rings. The molecule has 0 heterocycles. The van der Waals surface area contributed by atoms with E-state index in [1.54, 1.807) is 6.07 Å². The molecule has 0 saturated heterocycles. The molecule has 5 nitrogen and oxygen atoms in total. The Kier molecular flexibility index (Phi) is 6.41. The number of nitrogen functional groups attached to an aromatic ring is 1. The number of carbonyl (C=O) groups is 1. The molecule has 102 valence electrons. The Morgan fingerprint density at radius 2 is 2.00 bits per heavy atom. The molecule has 3 N–H and O–H groups in total. The van der Waals surface area contributed by atoms with Gasteiger partial charge in [0.2, 0.25) is 0 Å². The summed E-state index contributed by atoms with van der Waals surface area (Å²) >= 11 is 0. The fourth-order valence-electron chi connectivity index (χ4n) is 1.21. The van der Waals surface area contributed by atoms with Crippen molar-refractivity contribution < 1.29 is 43.1 Å². The number of nitrogens with two attached hydrogens (primary N) is 1. The Hall–Kier alpha value is -1.02. The van der Waals surface area contributed by atoms with Crippen molar-refractivity contribution >= 4 is 11.7 Å². The van der Waals surface area contributed by atoms with Crippen LogP contribution in [-0.4, -0.2) is 49.9 Å². The number of aromatic hydroxyl groups is 1. The van der Waals surface area contributed by atoms with Gasteiger partial charge in [0.05, 0.1) is 21.1 Å². The number of anilines is 1. The third-order valence-corrected chi connectivity index (χ3v) is 2.24. The van der Waals surface area contributed by atoms with Crippen LogP contribution in [0, 0.1) is 0 Å². The molecule has 0 bridgehead atoms. The molecule has 0 spiro atoms. The van der Waals surface area contributed by atoms with E-state index in [-0.39, 0.29) is 35.3 Å². The SMILES string of the molecule is C[N+](C)(C)CCOC(=O)c1ccc(N)cc1O.[I-]. The highest BCUT2D eigenvalue weighted by molar-refractivity contribution is 5.92. The van der Waals surface area contributed by atoms with Crippen molar-refractivity contribution in [3.63, 3.8) is 0 Å². The van der Waals surface area contributed by atoms with Gasteiger partial charge in [-0.15, -0.1) is 0 Å². The molecule has 0 aliphatic rings. The molecule has 0 aromatic heterocycles. The molecule has 18 heavy (non-hydrogen) atoms. The Labute approximate surface area is 124 Å². The zero-order chi connectivity index (χ0) is 13.1. The predicted molar refractivity (Wildman–Crippen MR) is 65.7 cm³/mol. The third-order valence-electron chi connectivity index (χ3n) is 2.24. The van der Waals surface area contributed by atoms with Crippen LogP contribution in [0.3, 0.4) is 0 Å². The first-order valence-electron chi connectivity index (χ1n) is 5.36. The van der Waals surface area contributed by atoms with Gasteiger partial charge in [-0.25, -0.2) is 4.79 Å². The van der Waals surface area contributed by atoms with Crippen LogP contribution in [0.2, 0.25) is 0 Å². The fourth-order valence-corrected chi connectivity index (χ4v) is 1.21. The zero-order valence-electron chi connectivity index (χ0n) is 10.8. The molecule has 0 aliphatic heterocycles. The second kappa shape index (κ2) is 6.79. The highest BCUT2D eigenvalue weighted by Crippen LogP contribution is 2.20. The fraction of sp³-hybridized carbons (Fsp3) is 0.417. The van der Waals surface area contributed by atoms with E-state index >= 15 is 0 Å². The van der Waals surface area contributed by atoms with Crippen LogP contribution < -0.4 is 29.7 Å². The van der Waals surface area contributed by atoms with Crippen molar-refractivity contribution in [3.05, 3.63) is 23.8 Å². The minimum absolute atomic E-state index is 0. The summed E-state index contributed by atoms with van der Waals surface area (Å²) in [4.78, 5) is 11.6. The van der Waals surface area contributed by atoms with Gasteiger partial charge in [0.1, 0.15) is 24.5 Å². The first-order chi connectivity index (χ1) is 7.79. The molecule has 1 aromatic carbocycles. The van der Waals surface area contributed by atoms with Gasteiger partial charge in [-0.1, -0.05) is 0 Å². The van der Waals surface area contributed by atoms with Gasteiger partial charge in [-0.3, -0.25) is 0 Å². The summed E-state index contributed by atoms with van der Waals surface area (Å²) in [6.07, 6.45) is 0. The lowest BCUT2D eigenvalue weighted by Crippen LogP contribution is -3.00. The number of benzene rings is 1. The topological polar surface area (TPSA) is 72.5 Å². The predicted octanol–water partition coefficient (Wildman–Crippen LogP) is -2.16. The van der Waals surface area contributed by atoms with Crippen molar-refractivity contribution in [2.45, 2.75) is 0 Å². The number of phenolic OH excluding ortho intramolecular Hbond substituents is 1. The van der Waals surface area contributed by atoms with Crippen molar-refractivity contribution in [1.29, 1.82) is 0 Å². The van der Waals surface area contributed by atoms with Gasteiger partial charge in [0, 0.05) is 11.8 Å². The van der Waals surface area contributed by atoms with Gasteiger partial charge < -0.3 is 44.0 Å². The van der Waals surface area contributed by atoms with Crippen LogP contribution in [-0.2, 0) is 4.74 Å². The molecule has 0 fully saturated rings. The smallest absolute Gasteiger partial charge is 0.342 e. The Balaban J connectivity index is 0.00000289. The van der Waals surface area contributed by atoms with E-state index in [1.165, 1.54) is 12.1 Å². The standard InChI is InChI=1S/C12H18N2O3.HI/c1-14(2,3)6-7-17-12(16)10-5-4-9(13)8-11(10)15;/h4-5,8H,6-7H2,1-3H3,(H2-,13,15,16);1H. The first-order valence-corrected chi connectivity index (χ1v) is 5.36. The van der Waals surface area contributed by atoms with E-state index in [0.29, 0.717) is 23.3 Å². The minimum atomic E-state index is -0.532. The lowest BCUT2D eigenvalue weighted by Gasteiger charge is -2.23. The molecular formula is C12H19IN2O3. The van der Waals surface area contributed by atoms with Crippen molar-refractivity contribution in [2.75, 3.05) is 40.0 Å². The molecule has 0 radical (unpaired) electrons. The van der Waals surface area contributed by atoms with Crippen LogP contribution >= 0.6 is 0 Å². The lowest BCUT2D eigenvalue weighted by atomic mass is 10.2. The summed E-state index contributed by atoms with van der Waals surface area (Å²) in [7, 11) is 6.03. The molecule has 0 atom stereocenters. The molecule has 0 saturated carbocycles. The number of phenols is 1. The summed E-state index contributed by atoms with van der Waals surface area (Å²) < 4.78 is 5.78. The van der Waals surface area contributed by atoms with E-state index in [0.717, 1.165) is 0 Å². The summed E-state index contributed by atoms with van der Waals surface area (Å²) in [5, 5.41) is 9.54. The summed E-state index contributed by atoms with van der Waals surface area (Å²) in [5.41, 5.74) is 6.02. The molecular weight excluding hydrogens is 347 g/mol. The Morgan fingerprint density at radius 3 is 2.50 bits per heavy atom. The number of carbonyl (C=O) groups excluding carboxylic acids is 1. The zero-order valence-corrected chi connectivity index (χ0v) is 13.0. The van der Waals surface area contributed by atoms with Crippen LogP contribution in [0.4, 0.5) is 5.69 Å². The van der Waals surface area contributed by atoms with E-state index in [2.05, 4.69) is 0 Å². The maximum atomic E-state index is 11.6. The van der Waals surface area contributed by atoms with Crippen LogP contribution in [0.1, 0.15) is 10.4 Å². The number of halogens is 1. The Bertz CT molecular complexity index is 416. The lowest BCUT2D eigenvalue weighted by molar-refractivity contribution is -0.870. The number of nitrogens with zero attached hydrogens (tertiary/aromatic N) is 1. The monoisotopic (exact) mass is 366 g/mol. The number of hydrogen-bond donors (Lipinski definition) is 2. The second-order valence-electron chi connectivity index (χ2n) is 4.93. The Morgan fingerprint density at radius 1 is 1.39 bits per heavy atom. The number of quaternary nitrogens is 1. The van der Waals surface area contributed by atoms with Gasteiger partial charge in [0.15, 0.2) is 0 Å².